The zero-order valence-corrected chi connectivity index (χ0v) is 19.2. The van der Waals surface area contributed by atoms with Crippen molar-refractivity contribution in [2.24, 2.45) is 0 Å². The summed E-state index contributed by atoms with van der Waals surface area (Å²) in [6.07, 6.45) is 8.79. The van der Waals surface area contributed by atoms with Crippen LogP contribution < -0.4 is 5.32 Å². The molecule has 1 heterocycles. The van der Waals surface area contributed by atoms with E-state index in [1.165, 1.54) is 37.7 Å². The molecule has 3 rings (SSSR count). The SMILES string of the molecule is CCCCn1c(CCC(=O)NC2CCCCC2)nc2cc(S(=O)(=O)N(C)C)ccc21. The molecular weight excluding hydrogens is 400 g/mol. The molecule has 0 aliphatic heterocycles. The second kappa shape index (κ2) is 9.92. The van der Waals surface area contributed by atoms with Crippen molar-refractivity contribution in [2.75, 3.05) is 14.1 Å². The number of hydrogen-bond acceptors (Lipinski definition) is 4. The molecular formula is C22H34N4O3S. The van der Waals surface area contributed by atoms with Crippen molar-refractivity contribution in [3.05, 3.63) is 24.0 Å². The van der Waals surface area contributed by atoms with Gasteiger partial charge in [0.15, 0.2) is 0 Å². The molecule has 7 nitrogen and oxygen atoms in total. The number of benzene rings is 1. The van der Waals surface area contributed by atoms with E-state index in [4.69, 9.17) is 4.98 Å². The predicted molar refractivity (Wildman–Crippen MR) is 119 cm³/mol. The molecule has 8 heteroatoms. The Balaban J connectivity index is 1.80. The minimum absolute atomic E-state index is 0.0758. The molecule has 0 bridgehead atoms. The van der Waals surface area contributed by atoms with Gasteiger partial charge in [0.05, 0.1) is 15.9 Å². The molecule has 2 aromatic rings. The quantitative estimate of drug-likeness (QED) is 0.655. The standard InChI is InChI=1S/C22H34N4O3S/c1-4-5-15-26-20-12-11-18(30(28,29)25(2)3)16-19(20)24-21(26)13-14-22(27)23-17-9-7-6-8-10-17/h11-12,16-17H,4-10,13-15H2,1-3H3,(H,23,27). The Morgan fingerprint density at radius 2 is 1.97 bits per heavy atom. The maximum absolute atomic E-state index is 12.5. The van der Waals surface area contributed by atoms with Gasteiger partial charge in [0, 0.05) is 39.5 Å². The lowest BCUT2D eigenvalue weighted by Gasteiger charge is -2.22. The van der Waals surface area contributed by atoms with Gasteiger partial charge in [0.25, 0.3) is 0 Å². The van der Waals surface area contributed by atoms with E-state index in [1.807, 2.05) is 6.07 Å². The maximum atomic E-state index is 12.5. The number of rotatable bonds is 9. The monoisotopic (exact) mass is 434 g/mol. The minimum Gasteiger partial charge on any atom is -0.353 e. The first-order valence-corrected chi connectivity index (χ1v) is 12.5. The van der Waals surface area contributed by atoms with Crippen LogP contribution in [0.25, 0.3) is 11.0 Å². The number of carbonyl (C=O) groups is 1. The Bertz CT molecular complexity index is 976. The summed E-state index contributed by atoms with van der Waals surface area (Å²) in [6, 6.07) is 5.42. The summed E-state index contributed by atoms with van der Waals surface area (Å²) >= 11 is 0. The Labute approximate surface area is 179 Å². The van der Waals surface area contributed by atoms with Crippen LogP contribution in [0.4, 0.5) is 0 Å². The van der Waals surface area contributed by atoms with Crippen LogP contribution in [-0.4, -0.2) is 48.3 Å². The fourth-order valence-corrected chi connectivity index (χ4v) is 4.98. The van der Waals surface area contributed by atoms with Gasteiger partial charge in [0.1, 0.15) is 5.82 Å². The van der Waals surface area contributed by atoms with Crippen molar-refractivity contribution in [3.8, 4) is 0 Å². The number of nitrogens with zero attached hydrogens (tertiary/aromatic N) is 3. The highest BCUT2D eigenvalue weighted by molar-refractivity contribution is 7.89. The van der Waals surface area contributed by atoms with Crippen molar-refractivity contribution in [3.63, 3.8) is 0 Å². The zero-order valence-electron chi connectivity index (χ0n) is 18.4. The first kappa shape index (κ1) is 22.7. The summed E-state index contributed by atoms with van der Waals surface area (Å²) in [4.78, 5) is 17.4. The van der Waals surface area contributed by atoms with Crippen molar-refractivity contribution in [2.45, 2.75) is 82.2 Å². The van der Waals surface area contributed by atoms with Gasteiger partial charge < -0.3 is 9.88 Å². The van der Waals surface area contributed by atoms with Crippen LogP contribution in [0.5, 0.6) is 0 Å². The third kappa shape index (κ3) is 5.21. The lowest BCUT2D eigenvalue weighted by molar-refractivity contribution is -0.122. The van der Waals surface area contributed by atoms with Gasteiger partial charge >= 0.3 is 0 Å². The summed E-state index contributed by atoms with van der Waals surface area (Å²) in [6.45, 7) is 2.95. The first-order valence-electron chi connectivity index (χ1n) is 11.0. The van der Waals surface area contributed by atoms with Gasteiger partial charge in [-0.2, -0.15) is 0 Å². The number of fused-ring (bicyclic) bond motifs is 1. The van der Waals surface area contributed by atoms with Crippen LogP contribution >= 0.6 is 0 Å². The third-order valence-corrected chi connectivity index (χ3v) is 7.67. The number of imidazole rings is 1. The Kier molecular flexibility index (Phi) is 7.52. The molecule has 1 saturated carbocycles. The number of sulfonamides is 1. The fourth-order valence-electron chi connectivity index (χ4n) is 4.06. The lowest BCUT2D eigenvalue weighted by atomic mass is 9.95. The number of aryl methyl sites for hydroxylation is 2. The van der Waals surface area contributed by atoms with E-state index in [0.29, 0.717) is 24.4 Å². The number of hydrogen-bond donors (Lipinski definition) is 1. The van der Waals surface area contributed by atoms with Crippen LogP contribution in [0.15, 0.2) is 23.1 Å². The number of aromatic nitrogens is 2. The molecule has 0 spiro atoms. The van der Waals surface area contributed by atoms with E-state index in [0.717, 1.165) is 43.6 Å². The molecule has 0 saturated heterocycles. The zero-order chi connectivity index (χ0) is 21.7. The highest BCUT2D eigenvalue weighted by Crippen LogP contribution is 2.23. The first-order chi connectivity index (χ1) is 14.3. The Morgan fingerprint density at radius 3 is 2.63 bits per heavy atom. The number of nitrogens with one attached hydrogen (secondary N) is 1. The summed E-state index contributed by atoms with van der Waals surface area (Å²) < 4.78 is 28.3. The number of amides is 1. The Hall–Kier alpha value is -1.93. The Morgan fingerprint density at radius 1 is 1.23 bits per heavy atom. The molecule has 1 aromatic carbocycles. The van der Waals surface area contributed by atoms with Crippen molar-refractivity contribution < 1.29 is 13.2 Å². The maximum Gasteiger partial charge on any atom is 0.242 e. The van der Waals surface area contributed by atoms with Crippen LogP contribution in [-0.2, 0) is 27.8 Å². The van der Waals surface area contributed by atoms with E-state index in [-0.39, 0.29) is 10.8 Å². The molecule has 0 atom stereocenters. The second-order valence-corrected chi connectivity index (χ2v) is 10.5. The number of carbonyl (C=O) groups excluding carboxylic acids is 1. The molecule has 166 valence electrons. The van der Waals surface area contributed by atoms with E-state index >= 15 is 0 Å². The van der Waals surface area contributed by atoms with Gasteiger partial charge in [-0.05, 0) is 37.5 Å². The van der Waals surface area contributed by atoms with E-state index in [1.54, 1.807) is 12.1 Å². The normalized spacial score (nSPS) is 15.7. The van der Waals surface area contributed by atoms with Gasteiger partial charge in [-0.3, -0.25) is 4.79 Å². The molecule has 0 unspecified atom stereocenters. The van der Waals surface area contributed by atoms with Gasteiger partial charge in [-0.25, -0.2) is 17.7 Å². The molecule has 1 aliphatic carbocycles. The van der Waals surface area contributed by atoms with Crippen LogP contribution in [0, 0.1) is 0 Å². The summed E-state index contributed by atoms with van der Waals surface area (Å²) in [7, 11) is -0.464. The number of unbranched alkanes of at least 4 members (excludes halogenated alkanes) is 1. The highest BCUT2D eigenvalue weighted by atomic mass is 32.2. The third-order valence-electron chi connectivity index (χ3n) is 5.86. The average molecular weight is 435 g/mol. The minimum atomic E-state index is -3.51. The van der Waals surface area contributed by atoms with Crippen LogP contribution in [0.3, 0.4) is 0 Å². The molecule has 0 radical (unpaired) electrons. The molecule has 1 aliphatic rings. The summed E-state index contributed by atoms with van der Waals surface area (Å²) in [5.41, 5.74) is 1.58. The highest BCUT2D eigenvalue weighted by Gasteiger charge is 2.20. The van der Waals surface area contributed by atoms with Gasteiger partial charge in [-0.15, -0.1) is 0 Å². The van der Waals surface area contributed by atoms with E-state index in [2.05, 4.69) is 16.8 Å². The van der Waals surface area contributed by atoms with Gasteiger partial charge in [-0.1, -0.05) is 32.6 Å². The van der Waals surface area contributed by atoms with Crippen molar-refractivity contribution in [1.29, 1.82) is 0 Å². The van der Waals surface area contributed by atoms with Crippen molar-refractivity contribution >= 4 is 27.0 Å². The van der Waals surface area contributed by atoms with Crippen LogP contribution in [0.2, 0.25) is 0 Å². The molecule has 30 heavy (non-hydrogen) atoms. The second-order valence-electron chi connectivity index (χ2n) is 8.37. The summed E-state index contributed by atoms with van der Waals surface area (Å²) in [5, 5.41) is 3.17. The van der Waals surface area contributed by atoms with E-state index in [9.17, 15) is 13.2 Å². The fraction of sp³-hybridized carbons (Fsp3) is 0.636. The predicted octanol–water partition coefficient (Wildman–Crippen LogP) is 3.47. The molecule has 1 amide bonds. The topological polar surface area (TPSA) is 84.3 Å². The molecule has 1 N–H and O–H groups in total. The van der Waals surface area contributed by atoms with Crippen LogP contribution in [0.1, 0.15) is 64.1 Å². The smallest absolute Gasteiger partial charge is 0.242 e. The lowest BCUT2D eigenvalue weighted by Crippen LogP contribution is -2.36. The van der Waals surface area contributed by atoms with Gasteiger partial charge in [0.2, 0.25) is 15.9 Å². The molecule has 1 aromatic heterocycles. The average Bonchev–Trinajstić information content (AvgIpc) is 3.08. The molecule has 1 fully saturated rings. The van der Waals surface area contributed by atoms with Crippen molar-refractivity contribution in [1.82, 2.24) is 19.2 Å². The largest absolute Gasteiger partial charge is 0.353 e. The summed E-state index contributed by atoms with van der Waals surface area (Å²) in [5.74, 6) is 0.920. The van der Waals surface area contributed by atoms with E-state index < -0.39 is 10.0 Å².